The number of aryl methyl sites for hydroxylation is 2. The van der Waals surface area contributed by atoms with Crippen molar-refractivity contribution in [3.8, 4) is 17.1 Å². The molecule has 2 N–H and O–H groups in total. The second kappa shape index (κ2) is 9.13. The molecule has 1 amide bonds. The highest BCUT2D eigenvalue weighted by Gasteiger charge is 2.63. The van der Waals surface area contributed by atoms with Gasteiger partial charge in [-0.15, -0.1) is 5.10 Å². The van der Waals surface area contributed by atoms with Crippen LogP contribution in [0.2, 0.25) is 0 Å². The van der Waals surface area contributed by atoms with E-state index in [1.807, 2.05) is 26.0 Å². The Morgan fingerprint density at radius 1 is 1.31 bits per heavy atom. The molecular formula is C22H29N5O5. The van der Waals surface area contributed by atoms with Gasteiger partial charge in [0.2, 0.25) is 0 Å². The van der Waals surface area contributed by atoms with E-state index in [0.29, 0.717) is 35.1 Å². The molecule has 32 heavy (non-hydrogen) atoms. The van der Waals surface area contributed by atoms with Gasteiger partial charge in [0.25, 0.3) is 0 Å². The van der Waals surface area contributed by atoms with Crippen LogP contribution in [-0.4, -0.2) is 49.9 Å². The Balaban J connectivity index is 1.42. The van der Waals surface area contributed by atoms with E-state index in [1.165, 1.54) is 0 Å². The van der Waals surface area contributed by atoms with Crippen LogP contribution in [0.4, 0.5) is 4.79 Å². The van der Waals surface area contributed by atoms with Crippen molar-refractivity contribution in [1.82, 2.24) is 25.3 Å². The Morgan fingerprint density at radius 3 is 2.81 bits per heavy atom. The van der Waals surface area contributed by atoms with Crippen LogP contribution in [0.5, 0.6) is 5.75 Å². The molecule has 0 radical (unpaired) electrons. The number of carbonyl (C=O) groups is 2. The van der Waals surface area contributed by atoms with Gasteiger partial charge in [0, 0.05) is 13.0 Å². The zero-order valence-electron chi connectivity index (χ0n) is 18.6. The molecule has 10 nitrogen and oxygen atoms in total. The predicted molar refractivity (Wildman–Crippen MR) is 114 cm³/mol. The standard InChI is InChI=1S/C22H29N5O5/c1-4-5-10-31-22(30)23-11-15-20(25-26-27(15)3)14-7-9-16(12(2)24-14)32-17-8-6-13-18(17)19(13)21(28)29/h7,9,13,17-19H,4-6,8,10-11H2,1-3H3,(H,23,30)(H,28,29)/t13?,17-,18?,19?/m1/s1. The summed E-state index contributed by atoms with van der Waals surface area (Å²) in [5.74, 6) is -0.00526. The first-order valence-electron chi connectivity index (χ1n) is 11.1. The second-order valence-electron chi connectivity index (χ2n) is 8.47. The SMILES string of the molecule is CCCCOC(=O)NCc1c(-c2ccc(O[C@@H]3CCC4C(C(=O)O)C43)c(C)n2)nnn1C. The monoisotopic (exact) mass is 443 g/mol. The summed E-state index contributed by atoms with van der Waals surface area (Å²) in [5.41, 5.74) is 2.60. The van der Waals surface area contributed by atoms with Crippen LogP contribution in [0.25, 0.3) is 11.4 Å². The van der Waals surface area contributed by atoms with Crippen LogP contribution in [0.15, 0.2) is 12.1 Å². The molecule has 2 fully saturated rings. The number of amides is 1. The molecule has 0 aliphatic heterocycles. The van der Waals surface area contributed by atoms with E-state index in [1.54, 1.807) is 11.7 Å². The fourth-order valence-electron chi connectivity index (χ4n) is 4.57. The molecule has 4 rings (SSSR count). The number of rotatable bonds is 9. The average Bonchev–Trinajstić information content (AvgIpc) is 3.17. The number of alkyl carbamates (subject to hydrolysis) is 1. The summed E-state index contributed by atoms with van der Waals surface area (Å²) < 4.78 is 12.9. The zero-order valence-corrected chi connectivity index (χ0v) is 18.6. The normalized spacial score (nSPS) is 23.5. The molecule has 172 valence electrons. The minimum absolute atomic E-state index is 0.0811. The number of carboxylic acids is 1. The number of nitrogens with one attached hydrogen (secondary N) is 1. The van der Waals surface area contributed by atoms with Crippen molar-refractivity contribution in [3.05, 3.63) is 23.5 Å². The molecule has 0 aromatic carbocycles. The van der Waals surface area contributed by atoms with E-state index >= 15 is 0 Å². The summed E-state index contributed by atoms with van der Waals surface area (Å²) >= 11 is 0. The quantitative estimate of drug-likeness (QED) is 0.566. The summed E-state index contributed by atoms with van der Waals surface area (Å²) in [6, 6.07) is 3.65. The lowest BCUT2D eigenvalue weighted by atomic mass is 10.1. The van der Waals surface area contributed by atoms with Crippen LogP contribution in [0.1, 0.15) is 44.0 Å². The van der Waals surface area contributed by atoms with Crippen molar-refractivity contribution in [1.29, 1.82) is 0 Å². The van der Waals surface area contributed by atoms with Crippen LogP contribution in [0, 0.1) is 24.7 Å². The molecule has 2 aromatic heterocycles. The van der Waals surface area contributed by atoms with Crippen molar-refractivity contribution < 1.29 is 24.2 Å². The molecule has 2 saturated carbocycles. The van der Waals surface area contributed by atoms with Crippen molar-refractivity contribution in [2.45, 2.75) is 52.2 Å². The number of carbonyl (C=O) groups excluding carboxylic acids is 1. The molecule has 0 saturated heterocycles. The first-order valence-corrected chi connectivity index (χ1v) is 11.1. The summed E-state index contributed by atoms with van der Waals surface area (Å²) in [7, 11) is 1.76. The largest absolute Gasteiger partial charge is 0.488 e. The molecule has 0 bridgehead atoms. The van der Waals surface area contributed by atoms with Gasteiger partial charge in [0.05, 0.1) is 36.2 Å². The van der Waals surface area contributed by atoms with Crippen molar-refractivity contribution in [2.24, 2.45) is 24.8 Å². The van der Waals surface area contributed by atoms with Crippen LogP contribution < -0.4 is 10.1 Å². The van der Waals surface area contributed by atoms with Gasteiger partial charge in [0.1, 0.15) is 17.5 Å². The fourth-order valence-corrected chi connectivity index (χ4v) is 4.57. The lowest BCUT2D eigenvalue weighted by Crippen LogP contribution is -2.25. The maximum atomic E-state index is 11.9. The third-order valence-electron chi connectivity index (χ3n) is 6.36. The van der Waals surface area contributed by atoms with Gasteiger partial charge in [-0.2, -0.15) is 0 Å². The fraction of sp³-hybridized carbons (Fsp3) is 0.591. The van der Waals surface area contributed by atoms with Gasteiger partial charge in [-0.1, -0.05) is 18.6 Å². The highest BCUT2D eigenvalue weighted by molar-refractivity contribution is 5.75. The Hall–Kier alpha value is -3.17. The first-order chi connectivity index (χ1) is 15.4. The van der Waals surface area contributed by atoms with E-state index in [2.05, 4.69) is 20.6 Å². The minimum Gasteiger partial charge on any atom is -0.488 e. The number of ether oxygens (including phenoxy) is 2. The highest BCUT2D eigenvalue weighted by Crippen LogP contribution is 2.58. The summed E-state index contributed by atoms with van der Waals surface area (Å²) in [6.07, 6.45) is 2.98. The molecule has 2 aliphatic rings. The van der Waals surface area contributed by atoms with Gasteiger partial charge >= 0.3 is 12.1 Å². The lowest BCUT2D eigenvalue weighted by molar-refractivity contribution is -0.139. The molecule has 2 aromatic rings. The van der Waals surface area contributed by atoms with E-state index in [0.717, 1.165) is 25.7 Å². The van der Waals surface area contributed by atoms with Crippen LogP contribution >= 0.6 is 0 Å². The smallest absolute Gasteiger partial charge is 0.407 e. The molecule has 2 heterocycles. The molecule has 3 unspecified atom stereocenters. The lowest BCUT2D eigenvalue weighted by Gasteiger charge is -2.18. The molecular weight excluding hydrogens is 414 g/mol. The maximum Gasteiger partial charge on any atom is 0.407 e. The van der Waals surface area contributed by atoms with E-state index in [-0.39, 0.29) is 30.4 Å². The van der Waals surface area contributed by atoms with Gasteiger partial charge in [-0.3, -0.25) is 4.79 Å². The number of fused-ring (bicyclic) bond motifs is 1. The predicted octanol–water partition coefficient (Wildman–Crippen LogP) is 2.70. The summed E-state index contributed by atoms with van der Waals surface area (Å²) in [5, 5.41) is 20.3. The Kier molecular flexibility index (Phi) is 6.29. The molecule has 10 heteroatoms. The number of hydrogen-bond donors (Lipinski definition) is 2. The minimum atomic E-state index is -0.725. The molecule has 0 spiro atoms. The second-order valence-corrected chi connectivity index (χ2v) is 8.47. The number of aromatic nitrogens is 4. The third kappa shape index (κ3) is 4.39. The van der Waals surface area contributed by atoms with Gasteiger partial charge in [0.15, 0.2) is 0 Å². The van der Waals surface area contributed by atoms with Crippen LogP contribution in [-0.2, 0) is 23.1 Å². The van der Waals surface area contributed by atoms with Gasteiger partial charge in [-0.25, -0.2) is 14.5 Å². The number of carboxylic acid groups (broad SMARTS) is 1. The number of unbranched alkanes of at least 4 members (excludes halogenated alkanes) is 1. The Labute approximate surface area is 186 Å². The topological polar surface area (TPSA) is 128 Å². The van der Waals surface area contributed by atoms with E-state index in [4.69, 9.17) is 9.47 Å². The van der Waals surface area contributed by atoms with Crippen molar-refractivity contribution in [3.63, 3.8) is 0 Å². The number of hydrogen-bond acceptors (Lipinski definition) is 7. The Bertz CT molecular complexity index is 1010. The summed E-state index contributed by atoms with van der Waals surface area (Å²) in [4.78, 5) is 27.8. The van der Waals surface area contributed by atoms with Crippen molar-refractivity contribution in [2.75, 3.05) is 6.61 Å². The van der Waals surface area contributed by atoms with E-state index in [9.17, 15) is 14.7 Å². The average molecular weight is 444 g/mol. The van der Waals surface area contributed by atoms with Crippen molar-refractivity contribution >= 4 is 12.1 Å². The van der Waals surface area contributed by atoms with E-state index < -0.39 is 12.1 Å². The highest BCUT2D eigenvalue weighted by atomic mass is 16.5. The molecule has 4 atom stereocenters. The van der Waals surface area contributed by atoms with Crippen LogP contribution in [0.3, 0.4) is 0 Å². The zero-order chi connectivity index (χ0) is 22.8. The van der Waals surface area contributed by atoms with Gasteiger partial charge in [-0.05, 0) is 44.2 Å². The molecule has 2 aliphatic carbocycles. The number of pyridine rings is 1. The first kappa shape index (κ1) is 22.0. The van der Waals surface area contributed by atoms with Gasteiger partial charge < -0.3 is 19.9 Å². The number of aliphatic carboxylic acids is 1. The summed E-state index contributed by atoms with van der Waals surface area (Å²) in [6.45, 7) is 4.48. The number of nitrogens with zero attached hydrogens (tertiary/aromatic N) is 4. The maximum absolute atomic E-state index is 11.9. The Morgan fingerprint density at radius 2 is 2.12 bits per heavy atom. The third-order valence-corrected chi connectivity index (χ3v) is 6.36.